The van der Waals surface area contributed by atoms with Gasteiger partial charge >= 0.3 is 0 Å². The van der Waals surface area contributed by atoms with Crippen molar-refractivity contribution in [2.24, 2.45) is 0 Å². The molecule has 1 fully saturated rings. The summed E-state index contributed by atoms with van der Waals surface area (Å²) in [6.45, 7) is 3.60. The lowest BCUT2D eigenvalue weighted by Gasteiger charge is -2.26. The average molecular weight is 486 g/mol. The van der Waals surface area contributed by atoms with Crippen LogP contribution in [0.15, 0.2) is 78.4 Å². The lowest BCUT2D eigenvalue weighted by atomic mass is 9.95. The Hall–Kier alpha value is -4.26. The Labute approximate surface area is 209 Å². The van der Waals surface area contributed by atoms with Crippen LogP contribution in [-0.4, -0.2) is 48.1 Å². The van der Waals surface area contributed by atoms with E-state index in [-0.39, 0.29) is 11.3 Å². The largest absolute Gasteiger partial charge is 0.507 e. The van der Waals surface area contributed by atoms with Crippen LogP contribution in [0.1, 0.15) is 29.7 Å². The normalized spacial score (nSPS) is 18.4. The van der Waals surface area contributed by atoms with Crippen LogP contribution in [0.3, 0.4) is 0 Å². The highest BCUT2D eigenvalue weighted by Gasteiger charge is 2.46. The van der Waals surface area contributed by atoms with Gasteiger partial charge in [0, 0.05) is 12.1 Å². The van der Waals surface area contributed by atoms with Crippen molar-refractivity contribution in [2.75, 3.05) is 26.4 Å². The fraction of sp³-hybridized carbons (Fsp3) is 0.241. The Morgan fingerprint density at radius 1 is 0.972 bits per heavy atom. The number of rotatable bonds is 7. The second-order valence-corrected chi connectivity index (χ2v) is 8.59. The molecule has 7 nitrogen and oxygen atoms in total. The second-order valence-electron chi connectivity index (χ2n) is 8.59. The molecule has 2 heterocycles. The third kappa shape index (κ3) is 4.52. The standard InChI is InChI=1S/C29H27NO6/c1-2-34-22-11-8-20(9-12-22)26-25(27(31)21-10-13-23-24(18-21)36-17-16-35-23)28(32)29(33)30(26)15-14-19-6-4-3-5-7-19/h3-13,18,26,31H,2,14-17H2,1H3/b27-25+/t26-/m0/s1. The van der Waals surface area contributed by atoms with Crippen molar-refractivity contribution >= 4 is 17.4 Å². The second kappa shape index (κ2) is 10.2. The number of fused-ring (bicyclic) bond motifs is 1. The number of benzene rings is 3. The number of ether oxygens (including phenoxy) is 3. The van der Waals surface area contributed by atoms with Crippen LogP contribution in [0, 0.1) is 0 Å². The van der Waals surface area contributed by atoms with Gasteiger partial charge in [-0.2, -0.15) is 0 Å². The molecule has 0 saturated carbocycles. The molecule has 3 aromatic carbocycles. The van der Waals surface area contributed by atoms with Gasteiger partial charge in [0.15, 0.2) is 11.5 Å². The summed E-state index contributed by atoms with van der Waals surface area (Å²) in [4.78, 5) is 28.1. The van der Waals surface area contributed by atoms with E-state index in [4.69, 9.17) is 14.2 Å². The molecule has 0 radical (unpaired) electrons. The van der Waals surface area contributed by atoms with E-state index >= 15 is 0 Å². The quantitative estimate of drug-likeness (QED) is 0.301. The fourth-order valence-corrected chi connectivity index (χ4v) is 4.61. The van der Waals surface area contributed by atoms with Crippen molar-refractivity contribution < 1.29 is 28.9 Å². The molecule has 184 valence electrons. The van der Waals surface area contributed by atoms with E-state index in [0.29, 0.717) is 61.2 Å². The molecule has 7 heteroatoms. The maximum absolute atomic E-state index is 13.3. The van der Waals surface area contributed by atoms with E-state index in [9.17, 15) is 14.7 Å². The predicted octanol–water partition coefficient (Wildman–Crippen LogP) is 4.52. The summed E-state index contributed by atoms with van der Waals surface area (Å²) in [5, 5.41) is 11.3. The molecule has 5 rings (SSSR count). The summed E-state index contributed by atoms with van der Waals surface area (Å²) < 4.78 is 16.8. The summed E-state index contributed by atoms with van der Waals surface area (Å²) in [5.41, 5.74) is 2.20. The molecular weight excluding hydrogens is 458 g/mol. The number of aliphatic hydroxyl groups excluding tert-OH is 1. The highest BCUT2D eigenvalue weighted by Crippen LogP contribution is 2.41. The zero-order valence-electron chi connectivity index (χ0n) is 20.0. The van der Waals surface area contributed by atoms with Crippen LogP contribution < -0.4 is 14.2 Å². The molecule has 0 bridgehead atoms. The number of carbonyl (C=O) groups excluding carboxylic acids is 2. The molecule has 1 N–H and O–H groups in total. The van der Waals surface area contributed by atoms with Crippen LogP contribution in [0.2, 0.25) is 0 Å². The molecule has 1 atom stereocenters. The third-order valence-corrected chi connectivity index (χ3v) is 6.35. The number of likely N-dealkylation sites (tertiary alicyclic amines) is 1. The smallest absolute Gasteiger partial charge is 0.295 e. The Morgan fingerprint density at radius 2 is 1.69 bits per heavy atom. The minimum absolute atomic E-state index is 0.0499. The highest BCUT2D eigenvalue weighted by atomic mass is 16.6. The van der Waals surface area contributed by atoms with Gasteiger partial charge in [-0.05, 0) is 54.8 Å². The lowest BCUT2D eigenvalue weighted by molar-refractivity contribution is -0.139. The summed E-state index contributed by atoms with van der Waals surface area (Å²) >= 11 is 0. The van der Waals surface area contributed by atoms with E-state index in [1.807, 2.05) is 49.4 Å². The van der Waals surface area contributed by atoms with E-state index in [2.05, 4.69) is 0 Å². The van der Waals surface area contributed by atoms with E-state index < -0.39 is 17.7 Å². The first-order chi connectivity index (χ1) is 17.6. The molecular formula is C29H27NO6. The number of nitrogens with zero attached hydrogens (tertiary/aromatic N) is 1. The lowest BCUT2D eigenvalue weighted by Crippen LogP contribution is -2.31. The van der Waals surface area contributed by atoms with Gasteiger partial charge in [-0.3, -0.25) is 9.59 Å². The van der Waals surface area contributed by atoms with Crippen molar-refractivity contribution in [2.45, 2.75) is 19.4 Å². The number of aliphatic hydroxyl groups is 1. The molecule has 2 aliphatic rings. The summed E-state index contributed by atoms with van der Waals surface area (Å²) in [6.07, 6.45) is 0.575. The Morgan fingerprint density at radius 3 is 2.42 bits per heavy atom. The highest BCUT2D eigenvalue weighted by molar-refractivity contribution is 6.46. The first-order valence-electron chi connectivity index (χ1n) is 12.0. The molecule has 36 heavy (non-hydrogen) atoms. The molecule has 2 aliphatic heterocycles. The van der Waals surface area contributed by atoms with Crippen LogP contribution in [0.4, 0.5) is 0 Å². The number of carbonyl (C=O) groups is 2. The molecule has 0 spiro atoms. The Balaban J connectivity index is 1.56. The van der Waals surface area contributed by atoms with E-state index in [0.717, 1.165) is 5.56 Å². The maximum atomic E-state index is 13.3. The fourth-order valence-electron chi connectivity index (χ4n) is 4.61. The number of Topliss-reactive ketones (excluding diaryl/α,β-unsaturated/α-hetero) is 1. The predicted molar refractivity (Wildman–Crippen MR) is 134 cm³/mol. The zero-order valence-corrected chi connectivity index (χ0v) is 20.0. The maximum Gasteiger partial charge on any atom is 0.295 e. The monoisotopic (exact) mass is 485 g/mol. The molecule has 3 aromatic rings. The molecule has 0 unspecified atom stereocenters. The molecule has 0 aliphatic carbocycles. The van der Waals surface area contributed by atoms with Crippen LogP contribution in [-0.2, 0) is 16.0 Å². The van der Waals surface area contributed by atoms with Crippen molar-refractivity contribution in [1.82, 2.24) is 4.90 Å². The van der Waals surface area contributed by atoms with Gasteiger partial charge in [0.05, 0.1) is 18.2 Å². The number of amides is 1. The van der Waals surface area contributed by atoms with Gasteiger partial charge in [-0.25, -0.2) is 0 Å². The number of ketones is 1. The van der Waals surface area contributed by atoms with Gasteiger partial charge in [0.1, 0.15) is 24.7 Å². The van der Waals surface area contributed by atoms with Crippen molar-refractivity contribution in [3.63, 3.8) is 0 Å². The third-order valence-electron chi connectivity index (χ3n) is 6.35. The summed E-state index contributed by atoms with van der Waals surface area (Å²) in [6, 6.07) is 21.3. The van der Waals surface area contributed by atoms with E-state index in [1.54, 1.807) is 30.3 Å². The molecule has 1 amide bonds. The first kappa shape index (κ1) is 23.5. The van der Waals surface area contributed by atoms with Crippen LogP contribution in [0.25, 0.3) is 5.76 Å². The Bertz CT molecular complexity index is 1300. The van der Waals surface area contributed by atoms with Gasteiger partial charge in [0.2, 0.25) is 0 Å². The van der Waals surface area contributed by atoms with Gasteiger partial charge in [0.25, 0.3) is 11.7 Å². The van der Waals surface area contributed by atoms with Crippen molar-refractivity contribution in [3.8, 4) is 17.2 Å². The van der Waals surface area contributed by atoms with Gasteiger partial charge in [-0.1, -0.05) is 42.5 Å². The van der Waals surface area contributed by atoms with Gasteiger partial charge < -0.3 is 24.2 Å². The first-order valence-corrected chi connectivity index (χ1v) is 12.0. The van der Waals surface area contributed by atoms with Crippen molar-refractivity contribution in [3.05, 3.63) is 95.1 Å². The topological polar surface area (TPSA) is 85.3 Å². The van der Waals surface area contributed by atoms with Crippen LogP contribution in [0.5, 0.6) is 17.2 Å². The van der Waals surface area contributed by atoms with Crippen molar-refractivity contribution in [1.29, 1.82) is 0 Å². The van der Waals surface area contributed by atoms with Gasteiger partial charge in [-0.15, -0.1) is 0 Å². The SMILES string of the molecule is CCOc1ccc([C@H]2/C(=C(\O)c3ccc4c(c3)OCCO4)C(=O)C(=O)N2CCc2ccccc2)cc1. The van der Waals surface area contributed by atoms with E-state index in [1.165, 1.54) is 4.90 Å². The molecule has 0 aromatic heterocycles. The summed E-state index contributed by atoms with van der Waals surface area (Å²) in [5.74, 6) is 0.157. The minimum atomic E-state index is -0.738. The average Bonchev–Trinajstić information content (AvgIpc) is 3.17. The van der Waals surface area contributed by atoms with Crippen LogP contribution >= 0.6 is 0 Å². The number of hydrogen-bond acceptors (Lipinski definition) is 6. The zero-order chi connectivity index (χ0) is 25.1. The summed E-state index contributed by atoms with van der Waals surface area (Å²) in [7, 11) is 0. The molecule has 1 saturated heterocycles. The number of hydrogen-bond donors (Lipinski definition) is 1. The Kier molecular flexibility index (Phi) is 6.62. The minimum Gasteiger partial charge on any atom is -0.507 e.